The van der Waals surface area contributed by atoms with Gasteiger partial charge in [-0.3, -0.25) is 0 Å². The van der Waals surface area contributed by atoms with Gasteiger partial charge in [-0.1, -0.05) is 135 Å². The Bertz CT molecular complexity index is 2690. The van der Waals surface area contributed by atoms with Crippen LogP contribution in [0.5, 0.6) is 0 Å². The highest BCUT2D eigenvalue weighted by Crippen LogP contribution is 2.49. The van der Waals surface area contributed by atoms with Gasteiger partial charge in [-0.25, -0.2) is 0 Å². The first-order chi connectivity index (χ1) is 22.6. The lowest BCUT2D eigenvalue weighted by molar-refractivity contribution is 0.660. The largest absolute Gasteiger partial charge is 0.309 e. The van der Waals surface area contributed by atoms with E-state index < -0.39 is 0 Å². The Morgan fingerprint density at radius 1 is 0.370 bits per heavy atom. The van der Waals surface area contributed by atoms with Crippen LogP contribution < -0.4 is 0 Å². The van der Waals surface area contributed by atoms with E-state index in [0.717, 1.165) is 0 Å². The number of hydrogen-bond donors (Lipinski definition) is 0. The molecule has 0 radical (unpaired) electrons. The van der Waals surface area contributed by atoms with Crippen LogP contribution in [0.25, 0.3) is 82.1 Å². The fourth-order valence-electron chi connectivity index (χ4n) is 8.36. The van der Waals surface area contributed by atoms with Gasteiger partial charge in [-0.05, 0) is 96.0 Å². The van der Waals surface area contributed by atoms with Crippen molar-refractivity contribution in [1.29, 1.82) is 0 Å². The highest BCUT2D eigenvalue weighted by molar-refractivity contribution is 6.25. The van der Waals surface area contributed by atoms with Gasteiger partial charge in [0.15, 0.2) is 0 Å². The smallest absolute Gasteiger partial charge is 0.0547 e. The fraction of sp³-hybridized carbons (Fsp3) is 0.0667. The van der Waals surface area contributed by atoms with Gasteiger partial charge in [0.05, 0.1) is 11.0 Å². The third kappa shape index (κ3) is 3.40. The molecule has 8 aromatic carbocycles. The molecule has 10 rings (SSSR count). The molecule has 0 atom stereocenters. The second kappa shape index (κ2) is 9.19. The first-order valence-electron chi connectivity index (χ1n) is 16.2. The van der Waals surface area contributed by atoms with Crippen molar-refractivity contribution in [3.63, 3.8) is 0 Å². The van der Waals surface area contributed by atoms with Crippen molar-refractivity contribution in [2.24, 2.45) is 0 Å². The van der Waals surface area contributed by atoms with E-state index in [1.54, 1.807) is 0 Å². The summed E-state index contributed by atoms with van der Waals surface area (Å²) in [6.45, 7) is 4.69. The molecule has 1 heteroatoms. The summed E-state index contributed by atoms with van der Waals surface area (Å²) in [5.74, 6) is 0. The second-order valence-electron chi connectivity index (χ2n) is 13.3. The Balaban J connectivity index is 1.22. The summed E-state index contributed by atoms with van der Waals surface area (Å²) in [5.41, 5.74) is 11.6. The standard InChI is InChI=1S/C45H31N/c1-45(2)41-17-9-7-15-36(41)40-27-30(21-24-42(40)45)46-43-18-10-8-16-37(43)38-23-20-29(26-44(38)46)28-19-22-35-33-13-4-3-11-31(33)32-12-5-6-14-34(32)39(35)25-28/h3-27H,1-2H3. The normalized spacial score (nSPS) is 13.6. The molecule has 0 bridgehead atoms. The van der Waals surface area contributed by atoms with Gasteiger partial charge in [-0.2, -0.15) is 0 Å². The average Bonchev–Trinajstić information content (AvgIpc) is 3.56. The number of benzene rings is 8. The minimum absolute atomic E-state index is 0.00989. The van der Waals surface area contributed by atoms with E-state index in [1.807, 2.05) is 0 Å². The summed E-state index contributed by atoms with van der Waals surface area (Å²) in [5, 5.41) is 10.4. The van der Waals surface area contributed by atoms with Crippen molar-refractivity contribution in [2.75, 3.05) is 0 Å². The highest BCUT2D eigenvalue weighted by Gasteiger charge is 2.35. The van der Waals surface area contributed by atoms with Crippen LogP contribution >= 0.6 is 0 Å². The third-order valence-corrected chi connectivity index (χ3v) is 10.6. The van der Waals surface area contributed by atoms with Gasteiger partial charge < -0.3 is 4.57 Å². The number of nitrogens with zero attached hydrogens (tertiary/aromatic N) is 1. The quantitative estimate of drug-likeness (QED) is 0.178. The molecule has 9 aromatic rings. The molecule has 0 saturated carbocycles. The zero-order chi connectivity index (χ0) is 30.6. The molecule has 46 heavy (non-hydrogen) atoms. The van der Waals surface area contributed by atoms with Crippen LogP contribution in [0.3, 0.4) is 0 Å². The predicted octanol–water partition coefficient (Wildman–Crippen LogP) is 12.2. The molecule has 0 fully saturated rings. The van der Waals surface area contributed by atoms with E-state index in [-0.39, 0.29) is 5.41 Å². The summed E-state index contributed by atoms with van der Waals surface area (Å²) in [4.78, 5) is 0. The molecule has 1 aromatic heterocycles. The molecular weight excluding hydrogens is 555 g/mol. The van der Waals surface area contributed by atoms with Crippen LogP contribution in [0.2, 0.25) is 0 Å². The Labute approximate surface area is 268 Å². The van der Waals surface area contributed by atoms with Crippen molar-refractivity contribution in [3.8, 4) is 27.9 Å². The third-order valence-electron chi connectivity index (χ3n) is 10.6. The molecule has 1 heterocycles. The van der Waals surface area contributed by atoms with E-state index in [9.17, 15) is 0 Å². The lowest BCUT2D eigenvalue weighted by Gasteiger charge is -2.21. The van der Waals surface area contributed by atoms with Gasteiger partial charge >= 0.3 is 0 Å². The summed E-state index contributed by atoms with van der Waals surface area (Å²) in [6, 6.07) is 56.4. The maximum absolute atomic E-state index is 2.46. The zero-order valence-electron chi connectivity index (χ0n) is 25.9. The van der Waals surface area contributed by atoms with Gasteiger partial charge in [-0.15, -0.1) is 0 Å². The number of aromatic nitrogens is 1. The van der Waals surface area contributed by atoms with Crippen LogP contribution in [-0.2, 0) is 5.41 Å². The van der Waals surface area contributed by atoms with E-state index in [0.29, 0.717) is 0 Å². The topological polar surface area (TPSA) is 4.93 Å². The number of fused-ring (bicyclic) bond motifs is 12. The lowest BCUT2D eigenvalue weighted by atomic mass is 9.82. The monoisotopic (exact) mass is 585 g/mol. The molecule has 1 nitrogen and oxygen atoms in total. The van der Waals surface area contributed by atoms with E-state index in [2.05, 4.69) is 170 Å². The molecule has 0 spiro atoms. The van der Waals surface area contributed by atoms with Crippen molar-refractivity contribution >= 4 is 54.1 Å². The Hall–Kier alpha value is -5.66. The van der Waals surface area contributed by atoms with Crippen molar-refractivity contribution in [1.82, 2.24) is 4.57 Å². The summed E-state index contributed by atoms with van der Waals surface area (Å²) >= 11 is 0. The van der Waals surface area contributed by atoms with Crippen LogP contribution in [0.4, 0.5) is 0 Å². The minimum atomic E-state index is -0.00989. The molecular formula is C45H31N. The van der Waals surface area contributed by atoms with Crippen LogP contribution in [0.1, 0.15) is 25.0 Å². The Kier molecular flexibility index (Phi) is 5.12. The predicted molar refractivity (Wildman–Crippen MR) is 196 cm³/mol. The highest BCUT2D eigenvalue weighted by atomic mass is 15.0. The Morgan fingerprint density at radius 3 is 1.63 bits per heavy atom. The van der Waals surface area contributed by atoms with Gasteiger partial charge in [0, 0.05) is 21.9 Å². The molecule has 216 valence electrons. The maximum atomic E-state index is 2.46. The van der Waals surface area contributed by atoms with E-state index in [4.69, 9.17) is 0 Å². The number of hydrogen-bond acceptors (Lipinski definition) is 0. The van der Waals surface area contributed by atoms with E-state index in [1.165, 1.54) is 93.2 Å². The fourth-order valence-corrected chi connectivity index (χ4v) is 8.36. The molecule has 0 amide bonds. The SMILES string of the molecule is CC1(C)c2ccccc2-c2cc(-n3c4ccccc4c4ccc(-c5ccc6c7ccccc7c7ccccc7c6c5)cc43)ccc21. The first kappa shape index (κ1) is 25.6. The minimum Gasteiger partial charge on any atom is -0.309 e. The van der Waals surface area contributed by atoms with Crippen molar-refractivity contribution in [2.45, 2.75) is 19.3 Å². The zero-order valence-corrected chi connectivity index (χ0v) is 25.9. The number of para-hydroxylation sites is 1. The lowest BCUT2D eigenvalue weighted by Crippen LogP contribution is -2.14. The van der Waals surface area contributed by atoms with E-state index >= 15 is 0 Å². The summed E-state index contributed by atoms with van der Waals surface area (Å²) < 4.78 is 2.46. The first-order valence-corrected chi connectivity index (χ1v) is 16.2. The van der Waals surface area contributed by atoms with Crippen LogP contribution in [0.15, 0.2) is 152 Å². The maximum Gasteiger partial charge on any atom is 0.0547 e. The van der Waals surface area contributed by atoms with Crippen molar-refractivity contribution < 1.29 is 0 Å². The van der Waals surface area contributed by atoms with Gasteiger partial charge in [0.25, 0.3) is 0 Å². The van der Waals surface area contributed by atoms with Gasteiger partial charge in [0.2, 0.25) is 0 Å². The summed E-state index contributed by atoms with van der Waals surface area (Å²) in [6.07, 6.45) is 0. The molecule has 0 N–H and O–H groups in total. The Morgan fingerprint density at radius 2 is 0.891 bits per heavy atom. The average molecular weight is 586 g/mol. The molecule has 0 aliphatic heterocycles. The van der Waals surface area contributed by atoms with Crippen molar-refractivity contribution in [3.05, 3.63) is 163 Å². The molecule has 1 aliphatic rings. The van der Waals surface area contributed by atoms with Gasteiger partial charge in [0.1, 0.15) is 0 Å². The van der Waals surface area contributed by atoms with Crippen LogP contribution in [0, 0.1) is 0 Å². The second-order valence-corrected chi connectivity index (χ2v) is 13.3. The van der Waals surface area contributed by atoms with Crippen LogP contribution in [-0.4, -0.2) is 4.57 Å². The molecule has 0 unspecified atom stereocenters. The summed E-state index contributed by atoms with van der Waals surface area (Å²) in [7, 11) is 0. The molecule has 1 aliphatic carbocycles. The number of rotatable bonds is 2. The molecule has 0 saturated heterocycles.